The van der Waals surface area contributed by atoms with E-state index in [2.05, 4.69) is 39.1 Å². The number of nitrogen functional groups attached to an aromatic ring is 1. The van der Waals surface area contributed by atoms with Crippen LogP contribution in [0, 0.1) is 0 Å². The van der Waals surface area contributed by atoms with Crippen molar-refractivity contribution in [2.75, 3.05) is 18.1 Å². The first-order chi connectivity index (χ1) is 9.51. The van der Waals surface area contributed by atoms with E-state index in [9.17, 15) is 4.79 Å². The Bertz CT molecular complexity index is 669. The van der Waals surface area contributed by atoms with E-state index in [0.717, 1.165) is 16.4 Å². The third-order valence-corrected chi connectivity index (χ3v) is 3.50. The fraction of sp³-hybridized carbons (Fsp3) is 0.333. The van der Waals surface area contributed by atoms with Gasteiger partial charge in [-0.05, 0) is 17.7 Å². The summed E-state index contributed by atoms with van der Waals surface area (Å²) in [4.78, 5) is 26.6. The molecular weight excluding hydrogens is 276 g/mol. The maximum absolute atomic E-state index is 11.4. The van der Waals surface area contributed by atoms with Crippen molar-refractivity contribution in [2.45, 2.75) is 29.9 Å². The van der Waals surface area contributed by atoms with Crippen molar-refractivity contribution in [3.05, 3.63) is 28.3 Å². The van der Waals surface area contributed by atoms with Gasteiger partial charge in [-0.25, -0.2) is 15.0 Å². The van der Waals surface area contributed by atoms with Crippen molar-refractivity contribution in [3.8, 4) is 0 Å². The monoisotopic (exact) mass is 292 g/mol. The van der Waals surface area contributed by atoms with Crippen molar-refractivity contribution in [3.63, 3.8) is 0 Å². The van der Waals surface area contributed by atoms with Crippen LogP contribution >= 0.6 is 11.8 Å². The van der Waals surface area contributed by atoms with Gasteiger partial charge in [-0.2, -0.15) is 0 Å². The summed E-state index contributed by atoms with van der Waals surface area (Å²) in [7, 11) is 1.81. The Labute approximate surface area is 120 Å². The number of nitrogens with one attached hydrogen (secondary N) is 2. The Morgan fingerprint density at radius 1 is 1.40 bits per heavy atom. The lowest BCUT2D eigenvalue weighted by molar-refractivity contribution is 0.803. The molecule has 106 valence electrons. The Morgan fingerprint density at radius 3 is 2.75 bits per heavy atom. The van der Waals surface area contributed by atoms with Crippen LogP contribution in [0.2, 0.25) is 0 Å². The Balaban J connectivity index is 2.45. The molecule has 0 bridgehead atoms. The van der Waals surface area contributed by atoms with Crippen LogP contribution in [0.25, 0.3) is 0 Å². The number of H-pyrrole nitrogens is 1. The Kier molecular flexibility index (Phi) is 4.23. The highest BCUT2D eigenvalue weighted by atomic mass is 32.2. The van der Waals surface area contributed by atoms with Crippen LogP contribution in [-0.4, -0.2) is 27.0 Å². The van der Waals surface area contributed by atoms with Gasteiger partial charge in [0, 0.05) is 18.7 Å². The molecule has 8 heteroatoms. The highest BCUT2D eigenvalue weighted by Gasteiger charge is 2.16. The fourth-order valence-corrected chi connectivity index (χ4v) is 2.80. The summed E-state index contributed by atoms with van der Waals surface area (Å²) in [5.74, 6) is 1.18. The average molecular weight is 292 g/mol. The van der Waals surface area contributed by atoms with Crippen LogP contribution in [0.4, 0.5) is 11.6 Å². The van der Waals surface area contributed by atoms with Crippen molar-refractivity contribution in [1.29, 1.82) is 0 Å². The van der Waals surface area contributed by atoms with E-state index in [1.807, 2.05) is 7.05 Å². The molecule has 0 amide bonds. The molecule has 0 fully saturated rings. The second-order valence-corrected chi connectivity index (χ2v) is 5.40. The van der Waals surface area contributed by atoms with Crippen LogP contribution in [0.3, 0.4) is 0 Å². The summed E-state index contributed by atoms with van der Waals surface area (Å²) in [6, 6.07) is 1.24. The largest absolute Gasteiger partial charge is 0.383 e. The summed E-state index contributed by atoms with van der Waals surface area (Å²) < 4.78 is 0. The molecule has 4 N–H and O–H groups in total. The maximum Gasteiger partial charge on any atom is 0.253 e. The van der Waals surface area contributed by atoms with Crippen LogP contribution in [0.1, 0.15) is 25.3 Å². The van der Waals surface area contributed by atoms with Gasteiger partial charge in [-0.3, -0.25) is 4.79 Å². The highest BCUT2D eigenvalue weighted by molar-refractivity contribution is 7.99. The van der Waals surface area contributed by atoms with E-state index in [4.69, 9.17) is 5.73 Å². The van der Waals surface area contributed by atoms with Crippen LogP contribution in [0.15, 0.2) is 27.4 Å². The molecule has 2 rings (SSSR count). The summed E-state index contributed by atoms with van der Waals surface area (Å²) in [5.41, 5.74) is 6.27. The lowest BCUT2D eigenvalue weighted by atomic mass is 10.1. The summed E-state index contributed by atoms with van der Waals surface area (Å²) in [6.45, 7) is 4.11. The van der Waals surface area contributed by atoms with Crippen molar-refractivity contribution in [2.24, 2.45) is 0 Å². The van der Waals surface area contributed by atoms with Gasteiger partial charge in [-0.15, -0.1) is 0 Å². The smallest absolute Gasteiger partial charge is 0.253 e. The van der Waals surface area contributed by atoms with Crippen LogP contribution in [0.5, 0.6) is 0 Å². The molecule has 2 aromatic rings. The summed E-state index contributed by atoms with van der Waals surface area (Å²) >= 11 is 1.26. The quantitative estimate of drug-likeness (QED) is 0.578. The molecule has 0 aliphatic carbocycles. The molecule has 0 aliphatic heterocycles. The molecule has 20 heavy (non-hydrogen) atoms. The number of nitrogens with two attached hydrogens (primary N) is 1. The van der Waals surface area contributed by atoms with E-state index in [1.165, 1.54) is 24.2 Å². The van der Waals surface area contributed by atoms with E-state index < -0.39 is 0 Å². The maximum atomic E-state index is 11.4. The predicted molar refractivity (Wildman–Crippen MR) is 79.1 cm³/mol. The molecule has 0 spiro atoms. The van der Waals surface area contributed by atoms with Gasteiger partial charge < -0.3 is 16.0 Å². The Hall–Kier alpha value is -2.09. The van der Waals surface area contributed by atoms with Crippen LogP contribution in [-0.2, 0) is 0 Å². The standard InChI is InChI=1S/C12H16N6OS/c1-6(2)9-10(14-3)15-5-16-11(9)20-12-17-7(13)4-8(19)18-12/h4-6H,1-3H3,(H,14,15,16)(H3,13,17,18,19). The topological polar surface area (TPSA) is 110 Å². The predicted octanol–water partition coefficient (Wildman–Crippen LogP) is 1.46. The number of nitrogens with zero attached hydrogens (tertiary/aromatic N) is 3. The lowest BCUT2D eigenvalue weighted by Crippen LogP contribution is -2.10. The molecule has 0 aromatic carbocycles. The lowest BCUT2D eigenvalue weighted by Gasteiger charge is -2.14. The number of rotatable bonds is 4. The van der Waals surface area contributed by atoms with E-state index >= 15 is 0 Å². The zero-order valence-electron chi connectivity index (χ0n) is 11.5. The second kappa shape index (κ2) is 5.91. The zero-order valence-corrected chi connectivity index (χ0v) is 12.3. The first-order valence-corrected chi connectivity index (χ1v) is 6.90. The third kappa shape index (κ3) is 3.08. The number of hydrogen-bond acceptors (Lipinski definition) is 7. The minimum Gasteiger partial charge on any atom is -0.383 e. The molecule has 7 nitrogen and oxygen atoms in total. The first-order valence-electron chi connectivity index (χ1n) is 6.08. The normalized spacial score (nSPS) is 10.8. The van der Waals surface area contributed by atoms with Crippen molar-refractivity contribution in [1.82, 2.24) is 19.9 Å². The van der Waals surface area contributed by atoms with E-state index in [0.29, 0.717) is 5.16 Å². The molecule has 0 aliphatic rings. The molecule has 0 unspecified atom stereocenters. The third-order valence-electron chi connectivity index (χ3n) is 2.59. The van der Waals surface area contributed by atoms with Gasteiger partial charge in [0.2, 0.25) is 0 Å². The van der Waals surface area contributed by atoms with Gasteiger partial charge in [0.1, 0.15) is 23.0 Å². The molecule has 0 atom stereocenters. The minimum absolute atomic E-state index is 0.185. The Morgan fingerprint density at radius 2 is 2.15 bits per heavy atom. The van der Waals surface area contributed by atoms with Gasteiger partial charge in [0.05, 0.1) is 0 Å². The number of aromatic nitrogens is 4. The summed E-state index contributed by atoms with van der Waals surface area (Å²) in [5, 5.41) is 4.20. The highest BCUT2D eigenvalue weighted by Crippen LogP contribution is 2.33. The van der Waals surface area contributed by atoms with Crippen molar-refractivity contribution < 1.29 is 0 Å². The number of anilines is 2. The molecule has 0 saturated carbocycles. The molecule has 2 heterocycles. The second-order valence-electron chi connectivity index (χ2n) is 4.42. The molecular formula is C12H16N6OS. The van der Waals surface area contributed by atoms with Gasteiger partial charge in [0.25, 0.3) is 5.56 Å². The SMILES string of the molecule is CNc1ncnc(Sc2nc(N)cc(=O)[nH]2)c1C(C)C. The number of aromatic amines is 1. The van der Waals surface area contributed by atoms with Gasteiger partial charge in [0.15, 0.2) is 5.16 Å². The van der Waals surface area contributed by atoms with E-state index in [1.54, 1.807) is 0 Å². The van der Waals surface area contributed by atoms with E-state index in [-0.39, 0.29) is 17.3 Å². The van der Waals surface area contributed by atoms with Gasteiger partial charge in [-0.1, -0.05) is 13.8 Å². The first kappa shape index (κ1) is 14.3. The minimum atomic E-state index is -0.283. The van der Waals surface area contributed by atoms with Crippen LogP contribution < -0.4 is 16.6 Å². The van der Waals surface area contributed by atoms with Gasteiger partial charge >= 0.3 is 0 Å². The fourth-order valence-electron chi connectivity index (χ4n) is 1.77. The molecule has 2 aromatic heterocycles. The number of hydrogen-bond donors (Lipinski definition) is 3. The zero-order chi connectivity index (χ0) is 14.7. The molecule has 0 radical (unpaired) electrons. The average Bonchev–Trinajstić information content (AvgIpc) is 2.36. The van der Waals surface area contributed by atoms with Crippen molar-refractivity contribution >= 4 is 23.4 Å². The molecule has 0 saturated heterocycles. The summed E-state index contributed by atoms with van der Waals surface area (Å²) in [6.07, 6.45) is 1.48.